The third-order valence-electron chi connectivity index (χ3n) is 8.96. The van der Waals surface area contributed by atoms with Crippen molar-refractivity contribution in [1.82, 2.24) is 0 Å². The van der Waals surface area contributed by atoms with Crippen LogP contribution in [0.4, 0.5) is 26.3 Å². The predicted molar refractivity (Wildman–Crippen MR) is 202 cm³/mol. The van der Waals surface area contributed by atoms with E-state index in [0.717, 1.165) is 55.5 Å². The smallest absolute Gasteiger partial charge is 0.417 e. The number of halogens is 6. The summed E-state index contributed by atoms with van der Waals surface area (Å²) in [4.78, 5) is 22.1. The van der Waals surface area contributed by atoms with Gasteiger partial charge in [0.05, 0.1) is 30.6 Å². The molecule has 0 aliphatic heterocycles. The van der Waals surface area contributed by atoms with Crippen LogP contribution in [-0.4, -0.2) is 38.4 Å². The molecule has 0 radical (unpaired) electrons. The average molecular weight is 783 g/mol. The van der Waals surface area contributed by atoms with Crippen molar-refractivity contribution >= 4 is 11.9 Å². The third kappa shape index (κ3) is 13.3. The molecule has 0 N–H and O–H groups in total. The highest BCUT2D eigenvalue weighted by Crippen LogP contribution is 2.49. The summed E-state index contributed by atoms with van der Waals surface area (Å²) >= 11 is 0. The fraction of sp³-hybridized carbons (Fsp3) is 0.318. The van der Waals surface area contributed by atoms with E-state index in [1.165, 1.54) is 42.0 Å². The third-order valence-corrected chi connectivity index (χ3v) is 8.96. The predicted octanol–water partition coefficient (Wildman–Crippen LogP) is 11.4. The fourth-order valence-corrected chi connectivity index (χ4v) is 6.12. The molecular formula is C44H44F6O6. The van der Waals surface area contributed by atoms with Crippen molar-refractivity contribution < 1.29 is 54.9 Å². The second-order valence-corrected chi connectivity index (χ2v) is 12.9. The van der Waals surface area contributed by atoms with Gasteiger partial charge in [0.1, 0.15) is 19.0 Å². The Morgan fingerprint density at radius 2 is 1.25 bits per heavy atom. The van der Waals surface area contributed by atoms with Crippen LogP contribution >= 0.6 is 0 Å². The molecular weight excluding hydrogens is 738 g/mol. The van der Waals surface area contributed by atoms with Gasteiger partial charge in [0.25, 0.3) is 0 Å². The number of alkyl halides is 6. The van der Waals surface area contributed by atoms with Crippen LogP contribution in [0.25, 0.3) is 22.3 Å². The number of hydrogen-bond acceptors (Lipinski definition) is 6. The SMILES string of the molecule is C=CC(=O)OCC/C=C\CCOc1ccc(-c2ccc(-c3ccc(CCC4=CCC(/C=C/OCCOC(=O)C=C)CC4)cc3)c(C(F)(F)F)c2C(F)(F)F)cc1. The van der Waals surface area contributed by atoms with Gasteiger partial charge in [-0.3, -0.25) is 0 Å². The van der Waals surface area contributed by atoms with Crippen molar-refractivity contribution in [3.63, 3.8) is 0 Å². The van der Waals surface area contributed by atoms with E-state index in [2.05, 4.69) is 19.2 Å². The first-order chi connectivity index (χ1) is 26.8. The molecule has 0 saturated heterocycles. The molecule has 1 aliphatic carbocycles. The van der Waals surface area contributed by atoms with Gasteiger partial charge in [-0.15, -0.1) is 0 Å². The highest BCUT2D eigenvalue weighted by Gasteiger charge is 2.47. The van der Waals surface area contributed by atoms with Crippen LogP contribution in [0.5, 0.6) is 5.75 Å². The van der Waals surface area contributed by atoms with Crippen LogP contribution < -0.4 is 4.74 Å². The zero-order chi connectivity index (χ0) is 40.6. The first-order valence-corrected chi connectivity index (χ1v) is 18.1. The first kappa shape index (κ1) is 43.2. The molecule has 0 saturated carbocycles. The topological polar surface area (TPSA) is 71.1 Å². The summed E-state index contributed by atoms with van der Waals surface area (Å²) in [6.45, 7) is 7.45. The highest BCUT2D eigenvalue weighted by molar-refractivity contribution is 5.81. The van der Waals surface area contributed by atoms with Crippen molar-refractivity contribution in [2.75, 3.05) is 26.4 Å². The van der Waals surface area contributed by atoms with Crippen molar-refractivity contribution in [1.29, 1.82) is 0 Å². The molecule has 0 amide bonds. The maximum Gasteiger partial charge on any atom is 0.417 e. The van der Waals surface area contributed by atoms with Gasteiger partial charge < -0.3 is 18.9 Å². The van der Waals surface area contributed by atoms with Crippen LogP contribution in [0.1, 0.15) is 55.2 Å². The van der Waals surface area contributed by atoms with E-state index in [1.54, 1.807) is 24.5 Å². The van der Waals surface area contributed by atoms with Gasteiger partial charge in [0.15, 0.2) is 0 Å². The van der Waals surface area contributed by atoms with E-state index in [1.807, 2.05) is 12.2 Å². The zero-order valence-electron chi connectivity index (χ0n) is 30.8. The van der Waals surface area contributed by atoms with E-state index < -0.39 is 46.5 Å². The van der Waals surface area contributed by atoms with Crippen LogP contribution in [0.3, 0.4) is 0 Å². The van der Waals surface area contributed by atoms with Crippen molar-refractivity contribution in [3.05, 3.63) is 139 Å². The summed E-state index contributed by atoms with van der Waals surface area (Å²) in [6, 6.07) is 13.8. The number of rotatable bonds is 19. The molecule has 0 spiro atoms. The minimum absolute atomic E-state index is 0.0290. The number of allylic oxidation sites excluding steroid dienone is 3. The zero-order valence-corrected chi connectivity index (χ0v) is 30.8. The summed E-state index contributed by atoms with van der Waals surface area (Å²) in [7, 11) is 0. The molecule has 1 unspecified atom stereocenters. The molecule has 6 nitrogen and oxygen atoms in total. The molecule has 0 aromatic heterocycles. The molecule has 0 bridgehead atoms. The molecule has 4 rings (SSSR count). The molecule has 298 valence electrons. The van der Waals surface area contributed by atoms with Gasteiger partial charge in [-0.05, 0) is 96.9 Å². The molecule has 3 aromatic carbocycles. The van der Waals surface area contributed by atoms with Crippen molar-refractivity contribution in [3.8, 4) is 28.0 Å². The lowest BCUT2D eigenvalue weighted by Crippen LogP contribution is -2.19. The largest absolute Gasteiger partial charge is 0.498 e. The number of aryl methyl sites for hydroxylation is 1. The molecule has 3 aromatic rings. The number of carbonyl (C=O) groups is 2. The molecule has 0 heterocycles. The maximum absolute atomic E-state index is 14.6. The van der Waals surface area contributed by atoms with Gasteiger partial charge in [0.2, 0.25) is 0 Å². The fourth-order valence-electron chi connectivity index (χ4n) is 6.12. The Balaban J connectivity index is 1.39. The standard InChI is InChI=1S/C44H44F6O6/c1-3-39(51)55-27-8-6-5-7-26-54-36-21-19-35(20-22-36)38-24-23-37(41(43(45,46)47)42(38)44(48,49)50)34-17-15-32(16-18-34)10-9-31-11-13-33(14-12-31)25-28-53-29-30-56-40(52)4-2/h3-6,11,15-25,28,33H,1-2,7-10,12-14,26-27,29-30H2/b6-5-,28-25+. The number of carbonyl (C=O) groups excluding carboxylic acids is 2. The van der Waals surface area contributed by atoms with E-state index >= 15 is 0 Å². The maximum atomic E-state index is 14.6. The second-order valence-electron chi connectivity index (χ2n) is 12.9. The van der Waals surface area contributed by atoms with Crippen LogP contribution in [-0.2, 0) is 42.6 Å². The second kappa shape index (κ2) is 21.0. The van der Waals surface area contributed by atoms with E-state index in [4.69, 9.17) is 18.9 Å². The lowest BCUT2D eigenvalue weighted by atomic mass is 9.86. The molecule has 12 heteroatoms. The minimum atomic E-state index is -5.31. The van der Waals surface area contributed by atoms with Gasteiger partial charge >= 0.3 is 24.3 Å². The Morgan fingerprint density at radius 3 is 1.79 bits per heavy atom. The van der Waals surface area contributed by atoms with Crippen molar-refractivity contribution in [2.24, 2.45) is 5.92 Å². The van der Waals surface area contributed by atoms with E-state index in [-0.39, 0.29) is 37.6 Å². The number of benzene rings is 3. The van der Waals surface area contributed by atoms with Crippen LogP contribution in [0.15, 0.2) is 122 Å². The van der Waals surface area contributed by atoms with E-state index in [9.17, 15) is 35.9 Å². The first-order valence-electron chi connectivity index (χ1n) is 18.1. The summed E-state index contributed by atoms with van der Waals surface area (Å²) in [5, 5.41) is 0. The van der Waals surface area contributed by atoms with E-state index in [0.29, 0.717) is 30.9 Å². The summed E-state index contributed by atoms with van der Waals surface area (Å²) < 4.78 is 108. The summed E-state index contributed by atoms with van der Waals surface area (Å²) in [5.74, 6) is -0.376. The quantitative estimate of drug-likeness (QED) is 0.0301. The normalized spacial score (nSPS) is 14.7. The Hall–Kier alpha value is -5.52. The molecule has 1 atom stereocenters. The monoisotopic (exact) mass is 782 g/mol. The molecule has 0 fully saturated rings. The Morgan fingerprint density at radius 1 is 0.696 bits per heavy atom. The van der Waals surface area contributed by atoms with Gasteiger partial charge in [0, 0.05) is 12.2 Å². The Bertz CT molecular complexity index is 1870. The highest BCUT2D eigenvalue weighted by atomic mass is 19.4. The van der Waals surface area contributed by atoms with Crippen LogP contribution in [0.2, 0.25) is 0 Å². The summed E-state index contributed by atoms with van der Waals surface area (Å²) in [5.41, 5.74) is -2.52. The summed E-state index contributed by atoms with van der Waals surface area (Å²) in [6.07, 6.45) is 5.92. The minimum Gasteiger partial charge on any atom is -0.498 e. The van der Waals surface area contributed by atoms with Crippen molar-refractivity contribution in [2.45, 2.75) is 57.3 Å². The molecule has 56 heavy (non-hydrogen) atoms. The number of hydrogen-bond donors (Lipinski definition) is 0. The lowest BCUT2D eigenvalue weighted by molar-refractivity contribution is -0.161. The number of esters is 2. The average Bonchev–Trinajstić information content (AvgIpc) is 3.18. The Labute approximate surface area is 322 Å². The molecule has 1 aliphatic rings. The van der Waals surface area contributed by atoms with Gasteiger partial charge in [-0.2, -0.15) is 26.3 Å². The van der Waals surface area contributed by atoms with Gasteiger partial charge in [-0.1, -0.05) is 85.5 Å². The Kier molecular flexibility index (Phi) is 16.2. The lowest BCUT2D eigenvalue weighted by Gasteiger charge is -2.23. The number of ether oxygens (including phenoxy) is 4. The van der Waals surface area contributed by atoms with Gasteiger partial charge in [-0.25, -0.2) is 9.59 Å². The van der Waals surface area contributed by atoms with Crippen LogP contribution in [0, 0.1) is 5.92 Å².